The first-order valence-corrected chi connectivity index (χ1v) is 8.39. The van der Waals surface area contributed by atoms with E-state index in [0.717, 1.165) is 34.6 Å². The van der Waals surface area contributed by atoms with E-state index in [2.05, 4.69) is 15.3 Å². The van der Waals surface area contributed by atoms with E-state index in [4.69, 9.17) is 11.6 Å². The number of rotatable bonds is 2. The van der Waals surface area contributed by atoms with Crippen molar-refractivity contribution in [1.82, 2.24) is 9.97 Å². The Bertz CT molecular complexity index is 866. The molecule has 23 heavy (non-hydrogen) atoms. The standard InChI is InChI=1S/C16H13ClFN3S.ClH/c17-11-7-9(5-6-12(11)18)21-15-14-10-3-1-2-4-13(10)22-16(14)20-8-19-15;/h5-8H,1-4H2,(H,19,20,21);1H. The number of aryl methyl sites for hydroxylation is 2. The molecule has 0 atom stereocenters. The summed E-state index contributed by atoms with van der Waals surface area (Å²) in [6.45, 7) is 0. The first-order chi connectivity index (χ1) is 10.7. The van der Waals surface area contributed by atoms with Crippen LogP contribution in [-0.4, -0.2) is 9.97 Å². The lowest BCUT2D eigenvalue weighted by atomic mass is 9.97. The molecule has 0 fully saturated rings. The van der Waals surface area contributed by atoms with E-state index in [1.165, 1.54) is 29.3 Å². The molecule has 3 nitrogen and oxygen atoms in total. The van der Waals surface area contributed by atoms with Gasteiger partial charge in [0.05, 0.1) is 10.4 Å². The molecule has 0 unspecified atom stereocenters. The summed E-state index contributed by atoms with van der Waals surface area (Å²) in [5.41, 5.74) is 2.09. The third kappa shape index (κ3) is 3.01. The molecule has 0 saturated heterocycles. The van der Waals surface area contributed by atoms with Gasteiger partial charge in [0.25, 0.3) is 0 Å². The van der Waals surface area contributed by atoms with Crippen molar-refractivity contribution < 1.29 is 4.39 Å². The number of nitrogens with zero attached hydrogens (tertiary/aromatic N) is 2. The lowest BCUT2D eigenvalue weighted by molar-refractivity contribution is 0.628. The summed E-state index contributed by atoms with van der Waals surface area (Å²) in [6, 6.07) is 4.59. The Morgan fingerprint density at radius 3 is 2.83 bits per heavy atom. The molecule has 1 aliphatic carbocycles. The number of nitrogens with one attached hydrogen (secondary N) is 1. The van der Waals surface area contributed by atoms with Gasteiger partial charge in [-0.15, -0.1) is 23.7 Å². The van der Waals surface area contributed by atoms with Gasteiger partial charge in [0.2, 0.25) is 0 Å². The number of aromatic nitrogens is 2. The molecule has 1 aliphatic rings. The molecule has 1 N–H and O–H groups in total. The highest BCUT2D eigenvalue weighted by Gasteiger charge is 2.19. The summed E-state index contributed by atoms with van der Waals surface area (Å²) < 4.78 is 13.3. The second kappa shape index (κ2) is 6.59. The van der Waals surface area contributed by atoms with Crippen molar-refractivity contribution in [2.45, 2.75) is 25.7 Å². The van der Waals surface area contributed by atoms with E-state index in [1.807, 2.05) is 0 Å². The number of anilines is 2. The van der Waals surface area contributed by atoms with Gasteiger partial charge in [0.15, 0.2) is 0 Å². The summed E-state index contributed by atoms with van der Waals surface area (Å²) in [7, 11) is 0. The minimum Gasteiger partial charge on any atom is -0.340 e. The van der Waals surface area contributed by atoms with Crippen molar-refractivity contribution >= 4 is 57.1 Å². The molecule has 120 valence electrons. The zero-order chi connectivity index (χ0) is 15.1. The smallest absolute Gasteiger partial charge is 0.142 e. The van der Waals surface area contributed by atoms with Gasteiger partial charge in [-0.3, -0.25) is 0 Å². The molecular formula is C16H14Cl2FN3S. The lowest BCUT2D eigenvalue weighted by Crippen LogP contribution is -2.01. The number of fused-ring (bicyclic) bond motifs is 3. The predicted molar refractivity (Wildman–Crippen MR) is 96.0 cm³/mol. The van der Waals surface area contributed by atoms with E-state index < -0.39 is 5.82 Å². The van der Waals surface area contributed by atoms with Crippen LogP contribution in [0, 0.1) is 5.82 Å². The SMILES string of the molecule is Cl.Fc1ccc(Nc2ncnc3sc4c(c23)CCCC4)cc1Cl. The molecule has 7 heteroatoms. The fourth-order valence-electron chi connectivity index (χ4n) is 2.90. The Morgan fingerprint density at radius 2 is 2.00 bits per heavy atom. The van der Waals surface area contributed by atoms with Crippen LogP contribution in [-0.2, 0) is 12.8 Å². The van der Waals surface area contributed by atoms with Crippen LogP contribution in [0.2, 0.25) is 5.02 Å². The number of benzene rings is 1. The molecule has 2 aromatic heterocycles. The normalized spacial score (nSPS) is 13.5. The van der Waals surface area contributed by atoms with Gasteiger partial charge in [-0.1, -0.05) is 11.6 Å². The average molecular weight is 370 g/mol. The van der Waals surface area contributed by atoms with Crippen LogP contribution < -0.4 is 5.32 Å². The predicted octanol–water partition coefficient (Wildman–Crippen LogP) is 5.53. The number of halogens is 3. The maximum atomic E-state index is 13.3. The first kappa shape index (κ1) is 16.4. The number of hydrogen-bond acceptors (Lipinski definition) is 4. The highest BCUT2D eigenvalue weighted by atomic mass is 35.5. The topological polar surface area (TPSA) is 37.8 Å². The quantitative estimate of drug-likeness (QED) is 0.645. The van der Waals surface area contributed by atoms with Crippen molar-refractivity contribution in [3.05, 3.63) is 45.8 Å². The van der Waals surface area contributed by atoms with Gasteiger partial charge in [-0.05, 0) is 49.4 Å². The van der Waals surface area contributed by atoms with Crippen molar-refractivity contribution in [1.29, 1.82) is 0 Å². The molecule has 0 spiro atoms. The monoisotopic (exact) mass is 369 g/mol. The molecule has 2 heterocycles. The van der Waals surface area contributed by atoms with Crippen LogP contribution in [0.25, 0.3) is 10.2 Å². The van der Waals surface area contributed by atoms with E-state index in [9.17, 15) is 4.39 Å². The summed E-state index contributed by atoms with van der Waals surface area (Å²) in [6.07, 6.45) is 6.20. The highest BCUT2D eigenvalue weighted by molar-refractivity contribution is 7.19. The Balaban J connectivity index is 0.00000156. The van der Waals surface area contributed by atoms with Crippen LogP contribution >= 0.6 is 35.3 Å². The lowest BCUT2D eigenvalue weighted by Gasteiger charge is -2.12. The molecule has 1 aromatic carbocycles. The first-order valence-electron chi connectivity index (χ1n) is 7.19. The maximum absolute atomic E-state index is 13.3. The van der Waals surface area contributed by atoms with Gasteiger partial charge in [0.1, 0.15) is 22.8 Å². The minimum absolute atomic E-state index is 0. The molecule has 0 aliphatic heterocycles. The van der Waals surface area contributed by atoms with Crippen LogP contribution in [0.5, 0.6) is 0 Å². The van der Waals surface area contributed by atoms with Crippen molar-refractivity contribution in [3.63, 3.8) is 0 Å². The van der Waals surface area contributed by atoms with E-state index in [1.54, 1.807) is 29.8 Å². The van der Waals surface area contributed by atoms with Gasteiger partial charge >= 0.3 is 0 Å². The summed E-state index contributed by atoms with van der Waals surface area (Å²) in [4.78, 5) is 11.2. The van der Waals surface area contributed by atoms with Crippen LogP contribution in [0.1, 0.15) is 23.3 Å². The molecule has 0 saturated carbocycles. The Hall–Kier alpha value is -1.43. The minimum atomic E-state index is -0.423. The fourth-order valence-corrected chi connectivity index (χ4v) is 4.31. The van der Waals surface area contributed by atoms with E-state index in [0.29, 0.717) is 0 Å². The maximum Gasteiger partial charge on any atom is 0.142 e. The second-order valence-electron chi connectivity index (χ2n) is 5.37. The van der Waals surface area contributed by atoms with Crippen molar-refractivity contribution in [2.75, 3.05) is 5.32 Å². The Morgan fingerprint density at radius 1 is 1.17 bits per heavy atom. The summed E-state index contributed by atoms with van der Waals surface area (Å²) in [5, 5.41) is 4.45. The van der Waals surface area contributed by atoms with Crippen LogP contribution in [0.3, 0.4) is 0 Å². The number of hydrogen-bond donors (Lipinski definition) is 1. The van der Waals surface area contributed by atoms with Crippen LogP contribution in [0.15, 0.2) is 24.5 Å². The summed E-state index contributed by atoms with van der Waals surface area (Å²) >= 11 is 7.60. The van der Waals surface area contributed by atoms with Gasteiger partial charge in [-0.25, -0.2) is 14.4 Å². The molecule has 0 radical (unpaired) electrons. The second-order valence-corrected chi connectivity index (χ2v) is 6.86. The number of thiophene rings is 1. The van der Waals surface area contributed by atoms with Crippen LogP contribution in [0.4, 0.5) is 15.9 Å². The van der Waals surface area contributed by atoms with E-state index in [-0.39, 0.29) is 17.4 Å². The average Bonchev–Trinajstić information content (AvgIpc) is 2.90. The molecule has 0 bridgehead atoms. The molecule has 4 rings (SSSR count). The molecular weight excluding hydrogens is 356 g/mol. The fraction of sp³-hybridized carbons (Fsp3) is 0.250. The molecule has 0 amide bonds. The van der Waals surface area contributed by atoms with Gasteiger partial charge < -0.3 is 5.32 Å². The van der Waals surface area contributed by atoms with Gasteiger partial charge in [0, 0.05) is 10.6 Å². The van der Waals surface area contributed by atoms with Crippen molar-refractivity contribution in [2.24, 2.45) is 0 Å². The largest absolute Gasteiger partial charge is 0.340 e. The zero-order valence-corrected chi connectivity index (χ0v) is 14.5. The third-order valence-corrected chi connectivity index (χ3v) is 5.42. The third-order valence-electron chi connectivity index (χ3n) is 3.93. The zero-order valence-electron chi connectivity index (χ0n) is 12.1. The van der Waals surface area contributed by atoms with E-state index >= 15 is 0 Å². The Kier molecular flexibility index (Phi) is 4.71. The summed E-state index contributed by atoms with van der Waals surface area (Å²) in [5.74, 6) is 0.347. The van der Waals surface area contributed by atoms with Crippen molar-refractivity contribution in [3.8, 4) is 0 Å². The molecule has 3 aromatic rings. The Labute approximate surface area is 148 Å². The highest BCUT2D eigenvalue weighted by Crippen LogP contribution is 2.39. The van der Waals surface area contributed by atoms with Gasteiger partial charge in [-0.2, -0.15) is 0 Å².